The average molecular weight is 459 g/mol. The van der Waals surface area contributed by atoms with Crippen LogP contribution in [-0.4, -0.2) is 41.6 Å². The van der Waals surface area contributed by atoms with Crippen LogP contribution >= 0.6 is 11.6 Å². The van der Waals surface area contributed by atoms with Gasteiger partial charge in [-0.05, 0) is 61.6 Å². The fourth-order valence-electron chi connectivity index (χ4n) is 4.03. The predicted octanol–water partition coefficient (Wildman–Crippen LogP) is 4.17. The van der Waals surface area contributed by atoms with Gasteiger partial charge in [0, 0.05) is 23.7 Å². The Morgan fingerprint density at radius 1 is 1.25 bits per heavy atom. The van der Waals surface area contributed by atoms with Gasteiger partial charge in [0.15, 0.2) is 6.61 Å². The Hall–Kier alpha value is -3.11. The van der Waals surface area contributed by atoms with Crippen molar-refractivity contribution in [2.45, 2.75) is 32.6 Å². The molecule has 0 unspecified atom stereocenters. The fourth-order valence-corrected chi connectivity index (χ4v) is 4.33. The topological polar surface area (TPSA) is 90.6 Å². The van der Waals surface area contributed by atoms with Gasteiger partial charge in [0.05, 0.1) is 17.9 Å². The van der Waals surface area contributed by atoms with Crippen LogP contribution in [0.1, 0.15) is 29.5 Å². The highest BCUT2D eigenvalue weighted by atomic mass is 35.5. The Balaban J connectivity index is 1.61. The van der Waals surface area contributed by atoms with Crippen molar-refractivity contribution in [2.24, 2.45) is 5.41 Å². The Kier molecular flexibility index (Phi) is 7.37. The van der Waals surface area contributed by atoms with Gasteiger partial charge in [0.2, 0.25) is 0 Å². The summed E-state index contributed by atoms with van der Waals surface area (Å²) in [5, 5.41) is 19.3. The zero-order valence-corrected chi connectivity index (χ0v) is 18.5. The lowest BCUT2D eigenvalue weighted by atomic mass is 9.75. The Bertz CT molecular complexity index is 1040. The van der Waals surface area contributed by atoms with Crippen molar-refractivity contribution in [3.05, 3.63) is 63.9 Å². The molecule has 1 amide bonds. The monoisotopic (exact) mass is 458 g/mol. The molecule has 2 aromatic carbocycles. The van der Waals surface area contributed by atoms with E-state index >= 15 is 0 Å². The van der Waals surface area contributed by atoms with Gasteiger partial charge in [-0.2, -0.15) is 5.26 Å². The normalized spacial score (nSPS) is 15.1. The van der Waals surface area contributed by atoms with Gasteiger partial charge in [-0.3, -0.25) is 9.59 Å². The number of piperidine rings is 1. The summed E-state index contributed by atoms with van der Waals surface area (Å²) in [7, 11) is 0. The van der Waals surface area contributed by atoms with E-state index in [9.17, 15) is 19.2 Å². The summed E-state index contributed by atoms with van der Waals surface area (Å²) in [6.45, 7) is 2.35. The number of amides is 1. The molecule has 1 N–H and O–H groups in total. The molecule has 6 nitrogen and oxygen atoms in total. The van der Waals surface area contributed by atoms with Gasteiger partial charge >= 0.3 is 5.97 Å². The number of benzene rings is 2. The number of rotatable bonds is 7. The molecular formula is C24H24ClFN2O4. The van der Waals surface area contributed by atoms with Crippen LogP contribution in [0.2, 0.25) is 5.02 Å². The van der Waals surface area contributed by atoms with Crippen LogP contribution in [0.4, 0.5) is 4.39 Å². The molecule has 1 aliphatic rings. The number of ether oxygens (including phenoxy) is 1. The van der Waals surface area contributed by atoms with Crippen LogP contribution < -0.4 is 4.74 Å². The third-order valence-electron chi connectivity index (χ3n) is 5.76. The summed E-state index contributed by atoms with van der Waals surface area (Å²) in [5.41, 5.74) is 1.36. The van der Waals surface area contributed by atoms with Gasteiger partial charge in [-0.25, -0.2) is 4.39 Å². The number of carbonyl (C=O) groups excluding carboxylic acids is 1. The largest absolute Gasteiger partial charge is 0.483 e. The first-order valence-electron chi connectivity index (χ1n) is 10.3. The number of nitrogens with zero attached hydrogens (tertiary/aromatic N) is 2. The highest BCUT2D eigenvalue weighted by Gasteiger charge is 2.36. The minimum absolute atomic E-state index is 0.228. The lowest BCUT2D eigenvalue weighted by molar-refractivity contribution is -0.136. The van der Waals surface area contributed by atoms with E-state index in [-0.39, 0.29) is 24.8 Å². The first kappa shape index (κ1) is 23.6. The maximum atomic E-state index is 13.2. The van der Waals surface area contributed by atoms with Gasteiger partial charge in [0.1, 0.15) is 11.6 Å². The molecule has 1 fully saturated rings. The lowest BCUT2D eigenvalue weighted by Gasteiger charge is -2.37. The van der Waals surface area contributed by atoms with Gasteiger partial charge in [0.25, 0.3) is 5.91 Å². The van der Waals surface area contributed by atoms with E-state index in [0.29, 0.717) is 54.3 Å². The van der Waals surface area contributed by atoms with E-state index in [4.69, 9.17) is 21.4 Å². The van der Waals surface area contributed by atoms with Crippen LogP contribution in [0.25, 0.3) is 0 Å². The summed E-state index contributed by atoms with van der Waals surface area (Å²) in [4.78, 5) is 25.5. The quantitative estimate of drug-likeness (QED) is 0.672. The van der Waals surface area contributed by atoms with E-state index in [2.05, 4.69) is 6.07 Å². The molecule has 32 heavy (non-hydrogen) atoms. The van der Waals surface area contributed by atoms with Crippen molar-refractivity contribution in [1.82, 2.24) is 4.90 Å². The van der Waals surface area contributed by atoms with Crippen molar-refractivity contribution in [3.8, 4) is 11.8 Å². The molecule has 1 heterocycles. The van der Waals surface area contributed by atoms with Crippen molar-refractivity contribution < 1.29 is 23.8 Å². The summed E-state index contributed by atoms with van der Waals surface area (Å²) in [6, 6.07) is 11.7. The number of carboxylic acid groups (broad SMARTS) is 1. The van der Waals surface area contributed by atoms with Crippen molar-refractivity contribution in [3.63, 3.8) is 0 Å². The molecule has 1 aliphatic heterocycles. The number of carboxylic acids is 1. The second kappa shape index (κ2) is 10.0. The van der Waals surface area contributed by atoms with Crippen LogP contribution in [0.5, 0.6) is 5.75 Å². The van der Waals surface area contributed by atoms with E-state index < -0.39 is 11.4 Å². The lowest BCUT2D eigenvalue weighted by Crippen LogP contribution is -2.45. The third kappa shape index (κ3) is 5.77. The van der Waals surface area contributed by atoms with Crippen LogP contribution in [0.3, 0.4) is 0 Å². The maximum absolute atomic E-state index is 13.2. The van der Waals surface area contributed by atoms with Crippen molar-refractivity contribution in [1.29, 1.82) is 5.26 Å². The van der Waals surface area contributed by atoms with Crippen molar-refractivity contribution >= 4 is 23.5 Å². The standard InChI is InChI=1S/C24H24ClFN2O4/c1-16-10-19(25)11-18(12-22(30)31)23(16)32-14-21(29)28-8-6-24(15-27,7-9-28)13-17-2-4-20(26)5-3-17/h2-5,10-11H,6-9,12-14H2,1H3,(H,30,31). The second-order valence-corrected chi connectivity index (χ2v) is 8.58. The van der Waals surface area contributed by atoms with E-state index in [0.717, 1.165) is 5.56 Å². The molecule has 0 bridgehead atoms. The number of hydrogen-bond acceptors (Lipinski definition) is 4. The summed E-state index contributed by atoms with van der Waals surface area (Å²) >= 11 is 6.03. The third-order valence-corrected chi connectivity index (χ3v) is 5.98. The molecule has 2 aromatic rings. The number of nitriles is 1. The zero-order valence-electron chi connectivity index (χ0n) is 17.7. The molecule has 0 aliphatic carbocycles. The number of hydrogen-bond donors (Lipinski definition) is 1. The molecule has 0 aromatic heterocycles. The Labute approximate surface area is 191 Å². The maximum Gasteiger partial charge on any atom is 0.307 e. The summed E-state index contributed by atoms with van der Waals surface area (Å²) in [6.07, 6.45) is 1.27. The van der Waals surface area contributed by atoms with Crippen LogP contribution in [0.15, 0.2) is 36.4 Å². The molecular weight excluding hydrogens is 435 g/mol. The second-order valence-electron chi connectivity index (χ2n) is 8.15. The fraction of sp³-hybridized carbons (Fsp3) is 0.375. The zero-order chi connectivity index (χ0) is 23.3. The molecule has 0 atom stereocenters. The van der Waals surface area contributed by atoms with Gasteiger partial charge in [-0.15, -0.1) is 0 Å². The van der Waals surface area contributed by atoms with E-state index in [1.165, 1.54) is 18.2 Å². The molecule has 168 valence electrons. The number of aryl methyl sites for hydroxylation is 1. The minimum atomic E-state index is -1.02. The molecule has 1 saturated heterocycles. The molecule has 8 heteroatoms. The SMILES string of the molecule is Cc1cc(Cl)cc(CC(=O)O)c1OCC(=O)N1CCC(C#N)(Cc2ccc(F)cc2)CC1. The molecule has 0 radical (unpaired) electrons. The number of halogens is 2. The highest BCUT2D eigenvalue weighted by Crippen LogP contribution is 2.35. The number of carbonyl (C=O) groups is 2. The summed E-state index contributed by atoms with van der Waals surface area (Å²) < 4.78 is 18.9. The van der Waals surface area contributed by atoms with Gasteiger partial charge < -0.3 is 14.7 Å². The molecule has 0 spiro atoms. The predicted molar refractivity (Wildman–Crippen MR) is 117 cm³/mol. The number of likely N-dealkylation sites (tertiary alicyclic amines) is 1. The van der Waals surface area contributed by atoms with Gasteiger partial charge in [-0.1, -0.05) is 23.7 Å². The minimum Gasteiger partial charge on any atom is -0.483 e. The molecule has 0 saturated carbocycles. The average Bonchev–Trinajstić information content (AvgIpc) is 2.74. The highest BCUT2D eigenvalue weighted by molar-refractivity contribution is 6.30. The van der Waals surface area contributed by atoms with E-state index in [1.54, 1.807) is 30.0 Å². The van der Waals surface area contributed by atoms with Crippen LogP contribution in [-0.2, 0) is 22.4 Å². The Morgan fingerprint density at radius 2 is 1.91 bits per heavy atom. The summed E-state index contributed by atoms with van der Waals surface area (Å²) in [5.74, 6) is -1.21. The van der Waals surface area contributed by atoms with Crippen LogP contribution in [0, 0.1) is 29.5 Å². The molecule has 3 rings (SSSR count). The Morgan fingerprint density at radius 3 is 2.50 bits per heavy atom. The first-order valence-corrected chi connectivity index (χ1v) is 10.7. The van der Waals surface area contributed by atoms with E-state index in [1.807, 2.05) is 0 Å². The smallest absolute Gasteiger partial charge is 0.307 e. The first-order chi connectivity index (χ1) is 15.2. The van der Waals surface area contributed by atoms with Crippen molar-refractivity contribution in [2.75, 3.05) is 19.7 Å². The number of aliphatic carboxylic acids is 1.